The van der Waals surface area contributed by atoms with Gasteiger partial charge in [0.05, 0.1) is 29.4 Å². The number of thioether (sulfide) groups is 2. The van der Waals surface area contributed by atoms with Crippen molar-refractivity contribution in [2.45, 2.75) is 120 Å². The number of nitrogens with one attached hydrogen (secondary N) is 2. The SMILES string of the molecule is CC(C)P(=O)([O-])OCCNC(=O)CCSC1CC(=O)N(CCCCCCN2C(=O)CC(SCCC(=O)NCCCCCOP(=O)(O)C(C)C)C2=O)C1=O. The first-order valence-electron chi connectivity index (χ1n) is 18.3. The molecule has 0 spiro atoms. The van der Waals surface area contributed by atoms with E-state index >= 15 is 0 Å². The third kappa shape index (κ3) is 17.3. The van der Waals surface area contributed by atoms with Crippen LogP contribution in [0.15, 0.2) is 0 Å². The Hall–Kier alpha value is -1.78. The normalized spacial score (nSPS) is 20.1. The molecular formula is C33H57N4O12P2S2-. The number of amides is 6. The lowest BCUT2D eigenvalue weighted by Gasteiger charge is -2.26. The minimum absolute atomic E-state index is 0.0453. The van der Waals surface area contributed by atoms with E-state index in [1.54, 1.807) is 13.8 Å². The number of hydrogen-bond acceptors (Lipinski definition) is 13. The van der Waals surface area contributed by atoms with Crippen molar-refractivity contribution >= 4 is 74.2 Å². The monoisotopic (exact) mass is 827 g/mol. The number of likely N-dealkylation sites (tertiary alicyclic amines) is 2. The minimum Gasteiger partial charge on any atom is -0.778 e. The molecule has 3 N–H and O–H groups in total. The van der Waals surface area contributed by atoms with Crippen LogP contribution in [0.1, 0.15) is 98.3 Å². The number of nitrogens with zero attached hydrogens (tertiary/aromatic N) is 2. The van der Waals surface area contributed by atoms with Gasteiger partial charge in [-0.2, -0.15) is 0 Å². The number of hydrogen-bond donors (Lipinski definition) is 3. The highest BCUT2D eigenvalue weighted by atomic mass is 32.2. The summed E-state index contributed by atoms with van der Waals surface area (Å²) in [5.41, 5.74) is -1.10. The predicted molar refractivity (Wildman–Crippen MR) is 202 cm³/mol. The molecule has 16 nitrogen and oxygen atoms in total. The maximum atomic E-state index is 12.8. The molecule has 2 aliphatic rings. The van der Waals surface area contributed by atoms with Crippen LogP contribution in [-0.4, -0.2) is 123 Å². The van der Waals surface area contributed by atoms with Crippen molar-refractivity contribution in [3.8, 4) is 0 Å². The Morgan fingerprint density at radius 3 is 1.68 bits per heavy atom. The van der Waals surface area contributed by atoms with E-state index in [0.29, 0.717) is 63.1 Å². The van der Waals surface area contributed by atoms with E-state index in [-0.39, 0.29) is 87.4 Å². The van der Waals surface area contributed by atoms with E-state index < -0.39 is 37.0 Å². The molecule has 0 aromatic rings. The molecule has 2 rings (SSSR count). The quantitative estimate of drug-likeness (QED) is 0.0586. The standard InChI is InChI=1S/C33H58N4O12P2S2/c1-24(2)50(44,45)48-18-11-7-8-14-34-28(38)12-20-52-26-22-30(40)36(32(26)42)16-9-5-6-10-17-37-31(41)23-27(33(37)43)53-21-13-29(39)35-15-19-49-51(46,47)25(3)4/h24-27H,5-23H2,1-4H3,(H,34,38)(H,35,39)(H,44,45)(H,46,47)/p-1. The summed E-state index contributed by atoms with van der Waals surface area (Å²) in [5, 5.41) is 4.35. The lowest BCUT2D eigenvalue weighted by atomic mass is 10.2. The van der Waals surface area contributed by atoms with Gasteiger partial charge in [0.25, 0.3) is 0 Å². The summed E-state index contributed by atoms with van der Waals surface area (Å²) in [6.45, 7) is 7.42. The maximum Gasteiger partial charge on any atom is 0.330 e. The smallest absolute Gasteiger partial charge is 0.330 e. The van der Waals surface area contributed by atoms with Crippen molar-refractivity contribution in [3.05, 3.63) is 0 Å². The van der Waals surface area contributed by atoms with Crippen molar-refractivity contribution in [1.82, 2.24) is 20.4 Å². The van der Waals surface area contributed by atoms with Gasteiger partial charge in [-0.05, 0) is 32.1 Å². The Bertz CT molecular complexity index is 1350. The van der Waals surface area contributed by atoms with Crippen LogP contribution in [0.2, 0.25) is 0 Å². The highest BCUT2D eigenvalue weighted by Crippen LogP contribution is 2.47. The Morgan fingerprint density at radius 1 is 0.736 bits per heavy atom. The second-order valence-corrected chi connectivity index (χ2v) is 20.9. The third-order valence-electron chi connectivity index (χ3n) is 8.61. The molecule has 2 fully saturated rings. The number of carbonyl (C=O) groups is 6. The molecule has 53 heavy (non-hydrogen) atoms. The molecule has 2 aliphatic heterocycles. The van der Waals surface area contributed by atoms with E-state index in [2.05, 4.69) is 10.6 Å². The minimum atomic E-state index is -3.94. The molecular weight excluding hydrogens is 770 g/mol. The van der Waals surface area contributed by atoms with Gasteiger partial charge in [0.15, 0.2) is 0 Å². The highest BCUT2D eigenvalue weighted by molar-refractivity contribution is 8.00. The fourth-order valence-corrected chi connectivity index (χ4v) is 8.75. The first kappa shape index (κ1) is 47.4. The third-order valence-corrected chi connectivity index (χ3v) is 14.7. The summed E-state index contributed by atoms with van der Waals surface area (Å²) in [6, 6.07) is 0. The van der Waals surface area contributed by atoms with Gasteiger partial charge in [0.2, 0.25) is 35.4 Å². The first-order valence-corrected chi connectivity index (χ1v) is 23.7. The molecule has 2 saturated heterocycles. The van der Waals surface area contributed by atoms with Gasteiger partial charge in [-0.15, -0.1) is 23.5 Å². The van der Waals surface area contributed by atoms with Crippen molar-refractivity contribution in [2.75, 3.05) is 50.9 Å². The summed E-state index contributed by atoms with van der Waals surface area (Å²) in [6.07, 6.45) is 5.17. The number of unbranched alkanes of at least 4 members (excludes halogenated alkanes) is 5. The second kappa shape index (κ2) is 24.0. The van der Waals surface area contributed by atoms with Gasteiger partial charge in [-0.1, -0.05) is 40.5 Å². The van der Waals surface area contributed by atoms with Crippen LogP contribution >= 0.6 is 38.7 Å². The molecule has 2 heterocycles. The highest BCUT2D eigenvalue weighted by Gasteiger charge is 2.39. The van der Waals surface area contributed by atoms with Crippen LogP contribution < -0.4 is 15.5 Å². The average molecular weight is 828 g/mol. The van der Waals surface area contributed by atoms with E-state index in [1.165, 1.54) is 47.2 Å². The van der Waals surface area contributed by atoms with E-state index in [4.69, 9.17) is 9.05 Å². The van der Waals surface area contributed by atoms with E-state index in [0.717, 1.165) is 6.42 Å². The average Bonchev–Trinajstić information content (AvgIpc) is 3.51. The van der Waals surface area contributed by atoms with Gasteiger partial charge >= 0.3 is 7.60 Å². The van der Waals surface area contributed by atoms with Crippen molar-refractivity contribution in [1.29, 1.82) is 0 Å². The maximum absolute atomic E-state index is 12.8. The zero-order valence-electron chi connectivity index (χ0n) is 31.3. The lowest BCUT2D eigenvalue weighted by Crippen LogP contribution is -2.33. The fourth-order valence-electron chi connectivity index (χ4n) is 5.18. The summed E-state index contributed by atoms with van der Waals surface area (Å²) in [5.74, 6) is -0.707. The van der Waals surface area contributed by atoms with E-state index in [1.807, 2.05) is 0 Å². The largest absolute Gasteiger partial charge is 0.778 e. The van der Waals surface area contributed by atoms with Gasteiger partial charge in [0, 0.05) is 69.0 Å². The van der Waals surface area contributed by atoms with Crippen LogP contribution in [-0.2, 0) is 46.9 Å². The van der Waals surface area contributed by atoms with Gasteiger partial charge in [-0.25, -0.2) is 0 Å². The molecule has 0 saturated carbocycles. The molecule has 4 unspecified atom stereocenters. The number of carbonyl (C=O) groups excluding carboxylic acids is 6. The zero-order chi connectivity index (χ0) is 39.6. The van der Waals surface area contributed by atoms with Crippen molar-refractivity contribution < 1.29 is 56.7 Å². The Morgan fingerprint density at radius 2 is 1.21 bits per heavy atom. The molecule has 304 valence electrons. The molecule has 20 heteroatoms. The zero-order valence-corrected chi connectivity index (χ0v) is 34.7. The summed E-state index contributed by atoms with van der Waals surface area (Å²) < 4.78 is 33.3. The van der Waals surface area contributed by atoms with Crippen molar-refractivity contribution in [2.24, 2.45) is 0 Å². The molecule has 0 aromatic carbocycles. The van der Waals surface area contributed by atoms with Crippen LogP contribution in [0.5, 0.6) is 0 Å². The number of rotatable bonds is 28. The van der Waals surface area contributed by atoms with Crippen LogP contribution in [0.4, 0.5) is 0 Å². The Labute approximate surface area is 321 Å². The van der Waals surface area contributed by atoms with Crippen molar-refractivity contribution in [3.63, 3.8) is 0 Å². The first-order chi connectivity index (χ1) is 25.0. The molecule has 4 atom stereocenters. The van der Waals surface area contributed by atoms with Gasteiger partial charge < -0.3 is 34.0 Å². The molecule has 6 amide bonds. The Balaban J connectivity index is 1.53. The van der Waals surface area contributed by atoms with E-state index in [9.17, 15) is 47.7 Å². The van der Waals surface area contributed by atoms with Gasteiger partial charge in [0.1, 0.15) is 7.60 Å². The summed E-state index contributed by atoms with van der Waals surface area (Å²) in [4.78, 5) is 98.6. The van der Waals surface area contributed by atoms with Crippen LogP contribution in [0.3, 0.4) is 0 Å². The van der Waals surface area contributed by atoms with Gasteiger partial charge in [-0.3, -0.25) is 43.1 Å². The van der Waals surface area contributed by atoms with Crippen LogP contribution in [0, 0.1) is 0 Å². The molecule has 0 bridgehead atoms. The molecule has 0 aromatic heterocycles. The Kier molecular flexibility index (Phi) is 21.4. The molecule has 0 aliphatic carbocycles. The summed E-state index contributed by atoms with van der Waals surface area (Å²) in [7, 11) is -7.50. The number of imide groups is 2. The summed E-state index contributed by atoms with van der Waals surface area (Å²) >= 11 is 2.55. The fraction of sp³-hybridized carbons (Fsp3) is 0.818. The lowest BCUT2D eigenvalue weighted by molar-refractivity contribution is -0.200. The van der Waals surface area contributed by atoms with Crippen LogP contribution in [0.25, 0.3) is 0 Å². The predicted octanol–water partition coefficient (Wildman–Crippen LogP) is 3.04. The topological polar surface area (TPSA) is 229 Å². The molecule has 0 radical (unpaired) electrons. The second-order valence-electron chi connectivity index (χ2n) is 13.5.